The molecular formula is C17H26N2O4S. The monoisotopic (exact) mass is 354 g/mol. The van der Waals surface area contributed by atoms with Gasteiger partial charge >= 0.3 is 0 Å². The lowest BCUT2D eigenvalue weighted by molar-refractivity contribution is -0.131. The van der Waals surface area contributed by atoms with E-state index in [0.29, 0.717) is 18.8 Å². The number of likely N-dealkylation sites (N-methyl/N-ethyl adjacent to an activating group) is 1. The molecule has 0 radical (unpaired) electrons. The molecule has 0 bridgehead atoms. The molecule has 0 atom stereocenters. The summed E-state index contributed by atoms with van der Waals surface area (Å²) >= 11 is 0. The van der Waals surface area contributed by atoms with Crippen molar-refractivity contribution in [2.75, 3.05) is 33.8 Å². The lowest BCUT2D eigenvalue weighted by atomic mass is 10.2. The molecule has 1 saturated heterocycles. The zero-order chi connectivity index (χ0) is 17.7. The van der Waals surface area contributed by atoms with Crippen molar-refractivity contribution < 1.29 is 17.9 Å². The van der Waals surface area contributed by atoms with Crippen LogP contribution in [0.2, 0.25) is 0 Å². The van der Waals surface area contributed by atoms with Gasteiger partial charge in [-0.05, 0) is 43.5 Å². The quantitative estimate of drug-likeness (QED) is 0.811. The lowest BCUT2D eigenvalue weighted by Gasteiger charge is -2.24. The fraction of sp³-hybridized carbons (Fsp3) is 0.588. The second kappa shape index (κ2) is 7.98. The van der Waals surface area contributed by atoms with E-state index in [4.69, 9.17) is 4.74 Å². The zero-order valence-electron chi connectivity index (χ0n) is 14.6. The number of rotatable bonds is 5. The maximum absolute atomic E-state index is 12.7. The second-order valence-corrected chi connectivity index (χ2v) is 8.23. The van der Waals surface area contributed by atoms with Gasteiger partial charge in [0.15, 0.2) is 0 Å². The van der Waals surface area contributed by atoms with Gasteiger partial charge in [0.1, 0.15) is 5.75 Å². The van der Waals surface area contributed by atoms with Gasteiger partial charge in [-0.3, -0.25) is 4.79 Å². The van der Waals surface area contributed by atoms with Crippen LogP contribution in [0.15, 0.2) is 23.1 Å². The zero-order valence-corrected chi connectivity index (χ0v) is 15.4. The van der Waals surface area contributed by atoms with Crippen molar-refractivity contribution in [3.8, 4) is 5.75 Å². The van der Waals surface area contributed by atoms with E-state index in [0.717, 1.165) is 35.6 Å². The van der Waals surface area contributed by atoms with Crippen LogP contribution in [0.5, 0.6) is 5.75 Å². The SMILES string of the molecule is COc1ccc(S(=O)(=O)N(C)CC(=O)N2CCCCCC2)cc1C. The van der Waals surface area contributed by atoms with Gasteiger partial charge in [0, 0.05) is 20.1 Å². The summed E-state index contributed by atoms with van der Waals surface area (Å²) in [5, 5.41) is 0. The molecule has 1 aromatic carbocycles. The first kappa shape index (κ1) is 18.7. The molecule has 2 rings (SSSR count). The van der Waals surface area contributed by atoms with Crippen LogP contribution in [0.1, 0.15) is 31.2 Å². The number of amides is 1. The van der Waals surface area contributed by atoms with Crippen LogP contribution < -0.4 is 4.74 Å². The highest BCUT2D eigenvalue weighted by molar-refractivity contribution is 7.89. The van der Waals surface area contributed by atoms with Crippen molar-refractivity contribution in [2.45, 2.75) is 37.5 Å². The Balaban J connectivity index is 2.10. The molecule has 7 heteroatoms. The predicted molar refractivity (Wildman–Crippen MR) is 92.6 cm³/mol. The minimum atomic E-state index is -3.70. The van der Waals surface area contributed by atoms with E-state index >= 15 is 0 Å². The van der Waals surface area contributed by atoms with Gasteiger partial charge in [0.2, 0.25) is 15.9 Å². The molecule has 0 saturated carbocycles. The molecule has 0 N–H and O–H groups in total. The highest BCUT2D eigenvalue weighted by atomic mass is 32.2. The van der Waals surface area contributed by atoms with E-state index in [-0.39, 0.29) is 17.3 Å². The molecule has 0 unspecified atom stereocenters. The fourth-order valence-corrected chi connectivity index (χ4v) is 4.09. The van der Waals surface area contributed by atoms with Crippen LogP contribution in [-0.4, -0.2) is 57.3 Å². The van der Waals surface area contributed by atoms with Crippen molar-refractivity contribution in [3.05, 3.63) is 23.8 Å². The standard InChI is InChI=1S/C17H26N2O4S/c1-14-12-15(8-9-16(14)23-3)24(21,22)18(2)13-17(20)19-10-6-4-5-7-11-19/h8-9,12H,4-7,10-11,13H2,1-3H3. The third-order valence-electron chi connectivity index (χ3n) is 4.39. The molecule has 24 heavy (non-hydrogen) atoms. The van der Waals surface area contributed by atoms with Gasteiger partial charge < -0.3 is 9.64 Å². The summed E-state index contributed by atoms with van der Waals surface area (Å²) < 4.78 is 31.7. The number of sulfonamides is 1. The first-order valence-corrected chi connectivity index (χ1v) is 9.69. The van der Waals surface area contributed by atoms with Crippen molar-refractivity contribution in [3.63, 3.8) is 0 Å². The maximum Gasteiger partial charge on any atom is 0.243 e. The third kappa shape index (κ3) is 4.27. The first-order valence-electron chi connectivity index (χ1n) is 8.25. The summed E-state index contributed by atoms with van der Waals surface area (Å²) in [6.07, 6.45) is 4.23. The molecular weight excluding hydrogens is 328 g/mol. The maximum atomic E-state index is 12.7. The highest BCUT2D eigenvalue weighted by Gasteiger charge is 2.26. The Morgan fingerprint density at radius 3 is 2.38 bits per heavy atom. The molecule has 134 valence electrons. The van der Waals surface area contributed by atoms with Crippen LogP contribution in [0, 0.1) is 6.92 Å². The minimum absolute atomic E-state index is 0.131. The Hall–Kier alpha value is -1.60. The number of nitrogens with zero attached hydrogens (tertiary/aromatic N) is 2. The summed E-state index contributed by atoms with van der Waals surface area (Å²) in [4.78, 5) is 14.4. The molecule has 0 aliphatic carbocycles. The summed E-state index contributed by atoms with van der Waals surface area (Å²) in [5.74, 6) is 0.505. The average Bonchev–Trinajstić information content (AvgIpc) is 2.83. The molecule has 1 aromatic rings. The van der Waals surface area contributed by atoms with Crippen molar-refractivity contribution in [1.82, 2.24) is 9.21 Å². The second-order valence-electron chi connectivity index (χ2n) is 6.19. The van der Waals surface area contributed by atoms with Crippen LogP contribution in [0.3, 0.4) is 0 Å². The summed E-state index contributed by atoms with van der Waals surface area (Å²) in [6.45, 7) is 3.09. The van der Waals surface area contributed by atoms with Gasteiger partial charge in [-0.1, -0.05) is 12.8 Å². The van der Waals surface area contributed by atoms with Gasteiger partial charge in [0.05, 0.1) is 18.6 Å². The van der Waals surface area contributed by atoms with Crippen LogP contribution >= 0.6 is 0 Å². The Kier molecular flexibility index (Phi) is 6.23. The van der Waals surface area contributed by atoms with Crippen LogP contribution in [-0.2, 0) is 14.8 Å². The molecule has 1 heterocycles. The third-order valence-corrected chi connectivity index (χ3v) is 6.19. The molecule has 6 nitrogen and oxygen atoms in total. The number of carbonyl (C=O) groups is 1. The number of benzene rings is 1. The number of aryl methyl sites for hydroxylation is 1. The summed E-state index contributed by atoms with van der Waals surface area (Å²) in [5.41, 5.74) is 0.741. The Labute approximate surface area is 144 Å². The Morgan fingerprint density at radius 1 is 1.21 bits per heavy atom. The van der Waals surface area contributed by atoms with E-state index in [1.54, 1.807) is 31.1 Å². The smallest absolute Gasteiger partial charge is 0.243 e. The number of hydrogen-bond donors (Lipinski definition) is 0. The topological polar surface area (TPSA) is 66.9 Å². The first-order chi connectivity index (χ1) is 11.4. The van der Waals surface area contributed by atoms with Gasteiger partial charge in [-0.2, -0.15) is 4.31 Å². The minimum Gasteiger partial charge on any atom is -0.496 e. The van der Waals surface area contributed by atoms with Crippen molar-refractivity contribution in [2.24, 2.45) is 0 Å². The molecule has 0 aromatic heterocycles. The Morgan fingerprint density at radius 2 is 1.83 bits per heavy atom. The van der Waals surface area contributed by atoms with Crippen LogP contribution in [0.25, 0.3) is 0 Å². The molecule has 1 aliphatic heterocycles. The summed E-state index contributed by atoms with van der Waals surface area (Å²) in [7, 11) is -0.706. The summed E-state index contributed by atoms with van der Waals surface area (Å²) in [6, 6.07) is 4.71. The lowest BCUT2D eigenvalue weighted by Crippen LogP contribution is -2.41. The van der Waals surface area contributed by atoms with Gasteiger partial charge in [-0.25, -0.2) is 8.42 Å². The van der Waals surface area contributed by atoms with E-state index in [2.05, 4.69) is 0 Å². The van der Waals surface area contributed by atoms with Crippen molar-refractivity contribution in [1.29, 1.82) is 0 Å². The number of ether oxygens (including phenoxy) is 1. The largest absolute Gasteiger partial charge is 0.496 e. The molecule has 1 aliphatic rings. The van der Waals surface area contributed by atoms with E-state index < -0.39 is 10.0 Å². The number of hydrogen-bond acceptors (Lipinski definition) is 4. The molecule has 1 amide bonds. The van der Waals surface area contributed by atoms with Gasteiger partial charge in [0.25, 0.3) is 0 Å². The average molecular weight is 354 g/mol. The molecule has 0 spiro atoms. The van der Waals surface area contributed by atoms with E-state index in [9.17, 15) is 13.2 Å². The van der Waals surface area contributed by atoms with Crippen molar-refractivity contribution >= 4 is 15.9 Å². The number of likely N-dealkylation sites (tertiary alicyclic amines) is 1. The highest BCUT2D eigenvalue weighted by Crippen LogP contribution is 2.23. The predicted octanol–water partition coefficient (Wildman–Crippen LogP) is 2.03. The normalized spacial score (nSPS) is 16.1. The van der Waals surface area contributed by atoms with Crippen LogP contribution in [0.4, 0.5) is 0 Å². The Bertz CT molecular complexity index is 680. The van der Waals surface area contributed by atoms with Gasteiger partial charge in [-0.15, -0.1) is 0 Å². The number of carbonyl (C=O) groups excluding carboxylic acids is 1. The number of methoxy groups -OCH3 is 1. The van der Waals surface area contributed by atoms with E-state index in [1.165, 1.54) is 13.1 Å². The van der Waals surface area contributed by atoms with E-state index in [1.807, 2.05) is 0 Å². The molecule has 1 fully saturated rings. The fourth-order valence-electron chi connectivity index (χ4n) is 2.89.